The van der Waals surface area contributed by atoms with E-state index >= 15 is 0 Å². The van der Waals surface area contributed by atoms with Gasteiger partial charge in [-0.1, -0.05) is 53.5 Å². The van der Waals surface area contributed by atoms with Crippen molar-refractivity contribution in [1.82, 2.24) is 10.2 Å². The predicted octanol–water partition coefficient (Wildman–Crippen LogP) is 3.88. The lowest BCUT2D eigenvalue weighted by Crippen LogP contribution is -2.51. The first-order chi connectivity index (χ1) is 13.5. The summed E-state index contributed by atoms with van der Waals surface area (Å²) in [7, 11) is 0. The van der Waals surface area contributed by atoms with Crippen LogP contribution in [0.3, 0.4) is 0 Å². The van der Waals surface area contributed by atoms with Crippen LogP contribution in [0.4, 0.5) is 0 Å². The molecule has 0 bridgehead atoms. The summed E-state index contributed by atoms with van der Waals surface area (Å²) in [6, 6.07) is 13.0. The molecule has 0 saturated carbocycles. The predicted molar refractivity (Wildman–Crippen MR) is 110 cm³/mol. The molecule has 1 unspecified atom stereocenters. The molecule has 5 nitrogen and oxygen atoms in total. The lowest BCUT2D eigenvalue weighted by atomic mass is 10.0. The van der Waals surface area contributed by atoms with E-state index < -0.39 is 17.9 Å². The summed E-state index contributed by atoms with van der Waals surface area (Å²) in [6.07, 6.45) is 2.13. The normalized spacial score (nSPS) is 17.3. The van der Waals surface area contributed by atoms with Gasteiger partial charge in [-0.3, -0.25) is 4.79 Å². The van der Waals surface area contributed by atoms with Crippen LogP contribution < -0.4 is 5.32 Å². The lowest BCUT2D eigenvalue weighted by Gasteiger charge is -2.32. The third-order valence-corrected chi connectivity index (χ3v) is 5.48. The summed E-state index contributed by atoms with van der Waals surface area (Å²) in [5.74, 6) is -1.45. The van der Waals surface area contributed by atoms with Gasteiger partial charge in [-0.05, 0) is 43.1 Å². The van der Waals surface area contributed by atoms with Crippen LogP contribution in [0.5, 0.6) is 0 Å². The Morgan fingerprint density at radius 2 is 1.93 bits per heavy atom. The Labute approximate surface area is 174 Å². The molecular formula is C21H22Cl2N2O3. The van der Waals surface area contributed by atoms with Gasteiger partial charge < -0.3 is 15.3 Å². The highest BCUT2D eigenvalue weighted by Crippen LogP contribution is 2.24. The Morgan fingerprint density at radius 1 is 1.18 bits per heavy atom. The third-order valence-electron chi connectivity index (χ3n) is 4.94. The molecule has 7 heteroatoms. The van der Waals surface area contributed by atoms with Crippen molar-refractivity contribution < 1.29 is 14.7 Å². The Balaban J connectivity index is 1.93. The summed E-state index contributed by atoms with van der Waals surface area (Å²) < 4.78 is 0. The number of benzene rings is 2. The van der Waals surface area contributed by atoms with Crippen LogP contribution in [0.15, 0.2) is 48.5 Å². The van der Waals surface area contributed by atoms with E-state index in [0.717, 1.165) is 24.9 Å². The SMILES string of the molecule is O=C(O)[C@@H](Cc1ccccc1)N(CC1CCCN1)C(=O)c1ccc(Cl)cc1Cl. The molecule has 0 aromatic heterocycles. The van der Waals surface area contributed by atoms with Gasteiger partial charge in [0.25, 0.3) is 5.91 Å². The molecule has 28 heavy (non-hydrogen) atoms. The highest BCUT2D eigenvalue weighted by molar-refractivity contribution is 6.36. The number of hydrogen-bond acceptors (Lipinski definition) is 3. The molecule has 1 amide bonds. The maximum Gasteiger partial charge on any atom is 0.326 e. The number of carbonyl (C=O) groups is 2. The van der Waals surface area contributed by atoms with Gasteiger partial charge in [-0.25, -0.2) is 4.79 Å². The smallest absolute Gasteiger partial charge is 0.326 e. The summed E-state index contributed by atoms with van der Waals surface area (Å²) in [6.45, 7) is 1.17. The van der Waals surface area contributed by atoms with Crippen molar-refractivity contribution in [2.75, 3.05) is 13.1 Å². The van der Waals surface area contributed by atoms with Crippen LogP contribution in [0.1, 0.15) is 28.8 Å². The number of nitrogens with zero attached hydrogens (tertiary/aromatic N) is 1. The minimum atomic E-state index is -1.04. The molecular weight excluding hydrogens is 399 g/mol. The first-order valence-electron chi connectivity index (χ1n) is 9.22. The first-order valence-corrected chi connectivity index (χ1v) is 9.97. The molecule has 1 fully saturated rings. The zero-order chi connectivity index (χ0) is 20.1. The van der Waals surface area contributed by atoms with E-state index in [9.17, 15) is 14.7 Å². The molecule has 1 aliphatic heterocycles. The average Bonchev–Trinajstić information content (AvgIpc) is 3.18. The van der Waals surface area contributed by atoms with Gasteiger partial charge >= 0.3 is 5.97 Å². The molecule has 1 aliphatic rings. The van der Waals surface area contributed by atoms with E-state index in [2.05, 4.69) is 5.32 Å². The Morgan fingerprint density at radius 3 is 2.54 bits per heavy atom. The molecule has 0 spiro atoms. The van der Waals surface area contributed by atoms with Crippen LogP contribution >= 0.6 is 23.2 Å². The van der Waals surface area contributed by atoms with Gasteiger partial charge in [-0.2, -0.15) is 0 Å². The molecule has 2 aromatic carbocycles. The fraction of sp³-hybridized carbons (Fsp3) is 0.333. The number of carboxylic acids is 1. The second-order valence-electron chi connectivity index (χ2n) is 6.92. The largest absolute Gasteiger partial charge is 0.480 e. The highest BCUT2D eigenvalue weighted by Gasteiger charge is 2.33. The molecule has 2 N–H and O–H groups in total. The molecule has 2 atom stereocenters. The lowest BCUT2D eigenvalue weighted by molar-refractivity contribution is -0.142. The Kier molecular flexibility index (Phi) is 6.94. The number of nitrogens with one attached hydrogen (secondary N) is 1. The molecule has 0 radical (unpaired) electrons. The minimum Gasteiger partial charge on any atom is -0.480 e. The number of carbonyl (C=O) groups excluding carboxylic acids is 1. The van der Waals surface area contributed by atoms with Crippen molar-refractivity contribution in [1.29, 1.82) is 0 Å². The van der Waals surface area contributed by atoms with E-state index in [1.165, 1.54) is 11.0 Å². The molecule has 1 heterocycles. The quantitative estimate of drug-likeness (QED) is 0.712. The van der Waals surface area contributed by atoms with Gasteiger partial charge in [0.1, 0.15) is 6.04 Å². The standard InChI is InChI=1S/C21H22Cl2N2O3/c22-15-8-9-17(18(23)12-15)20(26)25(13-16-7-4-10-24-16)19(21(27)28)11-14-5-2-1-3-6-14/h1-3,5-6,8-9,12,16,19,24H,4,7,10-11,13H2,(H,27,28)/t16?,19-/m1/s1. The highest BCUT2D eigenvalue weighted by atomic mass is 35.5. The Bertz CT molecular complexity index is 839. The van der Waals surface area contributed by atoms with Crippen molar-refractivity contribution in [3.63, 3.8) is 0 Å². The van der Waals surface area contributed by atoms with Crippen molar-refractivity contribution in [3.8, 4) is 0 Å². The second-order valence-corrected chi connectivity index (χ2v) is 7.76. The molecule has 0 aliphatic carbocycles. The summed E-state index contributed by atoms with van der Waals surface area (Å²) in [5, 5.41) is 13.9. The zero-order valence-electron chi connectivity index (χ0n) is 15.3. The maximum absolute atomic E-state index is 13.3. The number of rotatable bonds is 7. The monoisotopic (exact) mass is 420 g/mol. The van der Waals surface area contributed by atoms with Gasteiger partial charge in [0.05, 0.1) is 10.6 Å². The minimum absolute atomic E-state index is 0.0626. The van der Waals surface area contributed by atoms with Crippen LogP contribution in [0, 0.1) is 0 Å². The second kappa shape index (κ2) is 9.41. The van der Waals surface area contributed by atoms with Crippen molar-refractivity contribution in [3.05, 3.63) is 69.7 Å². The fourth-order valence-electron chi connectivity index (χ4n) is 3.49. The van der Waals surface area contributed by atoms with Gasteiger partial charge in [-0.15, -0.1) is 0 Å². The molecule has 2 aromatic rings. The maximum atomic E-state index is 13.3. The van der Waals surface area contributed by atoms with E-state index in [1.807, 2.05) is 30.3 Å². The van der Waals surface area contributed by atoms with Crippen molar-refractivity contribution >= 4 is 35.1 Å². The Hall–Kier alpha value is -2.08. The third kappa shape index (κ3) is 5.04. The molecule has 1 saturated heterocycles. The van der Waals surface area contributed by atoms with Gasteiger partial charge in [0.2, 0.25) is 0 Å². The van der Waals surface area contributed by atoms with Crippen molar-refractivity contribution in [2.45, 2.75) is 31.3 Å². The number of carboxylic acid groups (broad SMARTS) is 1. The van der Waals surface area contributed by atoms with Crippen LogP contribution in [-0.2, 0) is 11.2 Å². The van der Waals surface area contributed by atoms with Crippen molar-refractivity contribution in [2.24, 2.45) is 0 Å². The first kappa shape index (κ1) is 20.6. The van der Waals surface area contributed by atoms with Crippen LogP contribution in [0.25, 0.3) is 0 Å². The fourth-order valence-corrected chi connectivity index (χ4v) is 3.98. The zero-order valence-corrected chi connectivity index (χ0v) is 16.8. The average molecular weight is 421 g/mol. The van der Waals surface area contributed by atoms with Gasteiger partial charge in [0, 0.05) is 24.0 Å². The molecule has 148 valence electrons. The van der Waals surface area contributed by atoms with Gasteiger partial charge in [0.15, 0.2) is 0 Å². The van der Waals surface area contributed by atoms with E-state index in [4.69, 9.17) is 23.2 Å². The summed E-state index contributed by atoms with van der Waals surface area (Å²) in [5.41, 5.74) is 1.11. The number of hydrogen-bond donors (Lipinski definition) is 2. The molecule has 3 rings (SSSR count). The summed E-state index contributed by atoms with van der Waals surface area (Å²) in [4.78, 5) is 26.9. The number of amides is 1. The number of halogens is 2. The van der Waals surface area contributed by atoms with E-state index in [1.54, 1.807) is 12.1 Å². The topological polar surface area (TPSA) is 69.6 Å². The van der Waals surface area contributed by atoms with E-state index in [-0.39, 0.29) is 23.0 Å². The van der Waals surface area contributed by atoms with E-state index in [0.29, 0.717) is 11.6 Å². The number of aliphatic carboxylic acids is 1. The van der Waals surface area contributed by atoms with Crippen LogP contribution in [0.2, 0.25) is 10.0 Å². The van der Waals surface area contributed by atoms with Crippen LogP contribution in [-0.4, -0.2) is 47.1 Å². The summed E-state index contributed by atoms with van der Waals surface area (Å²) >= 11 is 12.2.